The van der Waals surface area contributed by atoms with Crippen LogP contribution in [0.5, 0.6) is 0 Å². The Balaban J connectivity index is 3.28. The quantitative estimate of drug-likeness (QED) is 0.440. The zero-order valence-corrected chi connectivity index (χ0v) is 9.37. The molecule has 2 N–H and O–H groups in total. The molecule has 0 atom stereocenters. The number of benzene rings is 1. The van der Waals surface area contributed by atoms with E-state index in [0.29, 0.717) is 10.7 Å². The van der Waals surface area contributed by atoms with Gasteiger partial charge in [-0.3, -0.25) is 0 Å². The Hall–Kier alpha value is 0.520. The number of nitrogens with two attached hydrogens (primary N) is 1. The zero-order valence-electron chi connectivity index (χ0n) is 4.87. The maximum atomic E-state index is 5.74. The second-order valence-corrected chi connectivity index (χ2v) is 4.21. The van der Waals surface area contributed by atoms with E-state index in [2.05, 4.69) is 38.5 Å². The van der Waals surface area contributed by atoms with Crippen molar-refractivity contribution in [2.75, 3.05) is 5.73 Å². The number of halogens is 3. The van der Waals surface area contributed by atoms with Gasteiger partial charge in [-0.2, -0.15) is 0 Å². The van der Waals surface area contributed by atoms with Crippen LogP contribution in [0, 0.1) is 3.57 Å². The van der Waals surface area contributed by atoms with Gasteiger partial charge in [0.05, 0.1) is 10.7 Å². The van der Waals surface area contributed by atoms with Crippen LogP contribution in [-0.2, 0) is 0 Å². The van der Waals surface area contributed by atoms with Crippen molar-refractivity contribution in [1.29, 1.82) is 0 Å². The van der Waals surface area contributed by atoms with E-state index < -0.39 is 0 Å². The van der Waals surface area contributed by atoms with Crippen molar-refractivity contribution in [2.45, 2.75) is 0 Å². The first kappa shape index (κ1) is 8.62. The van der Waals surface area contributed by atoms with Crippen LogP contribution in [0.3, 0.4) is 0 Å². The predicted molar refractivity (Wildman–Crippen MR) is 56.3 cm³/mol. The Kier molecular flexibility index (Phi) is 2.82. The summed E-state index contributed by atoms with van der Waals surface area (Å²) in [6, 6.07) is 3.62. The number of hydrogen-bond donors (Lipinski definition) is 1. The minimum Gasteiger partial charge on any atom is -0.397 e. The van der Waals surface area contributed by atoms with Gasteiger partial charge in [-0.25, -0.2) is 0 Å². The summed E-state index contributed by atoms with van der Waals surface area (Å²) in [7, 11) is 0. The molecule has 1 aromatic carbocycles. The van der Waals surface area contributed by atoms with Crippen LogP contribution in [0.4, 0.5) is 5.69 Å². The third kappa shape index (κ3) is 1.77. The van der Waals surface area contributed by atoms with Gasteiger partial charge in [0.2, 0.25) is 0 Å². The third-order valence-electron chi connectivity index (χ3n) is 1.04. The molecule has 0 fully saturated rings. The summed E-state index contributed by atoms with van der Waals surface area (Å²) in [5, 5.41) is 0.604. The van der Waals surface area contributed by atoms with Gasteiger partial charge in [0, 0.05) is 8.04 Å². The number of nitrogen functional groups attached to an aromatic ring is 1. The second kappa shape index (κ2) is 3.28. The van der Waals surface area contributed by atoms with Crippen molar-refractivity contribution in [2.24, 2.45) is 0 Å². The van der Waals surface area contributed by atoms with Gasteiger partial charge in [-0.15, -0.1) is 0 Å². The molecule has 1 aromatic rings. The van der Waals surface area contributed by atoms with E-state index >= 15 is 0 Å². The topological polar surface area (TPSA) is 26.0 Å². The van der Waals surface area contributed by atoms with Gasteiger partial charge in [0.1, 0.15) is 0 Å². The molecule has 0 amide bonds. The minimum absolute atomic E-state index is 0.604. The largest absolute Gasteiger partial charge is 0.397 e. The monoisotopic (exact) mass is 331 g/mol. The highest BCUT2D eigenvalue weighted by atomic mass is 127. The SMILES string of the molecule is Nc1cc(Br)c(I)cc1Cl. The minimum atomic E-state index is 0.604. The number of hydrogen-bond acceptors (Lipinski definition) is 1. The number of anilines is 1. The fourth-order valence-electron chi connectivity index (χ4n) is 0.538. The van der Waals surface area contributed by atoms with Crippen LogP contribution in [0.1, 0.15) is 0 Å². The van der Waals surface area contributed by atoms with Gasteiger partial charge >= 0.3 is 0 Å². The average molecular weight is 332 g/mol. The molecule has 0 saturated carbocycles. The van der Waals surface area contributed by atoms with E-state index in [1.165, 1.54) is 0 Å². The summed E-state index contributed by atoms with van der Waals surface area (Å²) >= 11 is 11.2. The first-order valence-electron chi connectivity index (χ1n) is 2.51. The van der Waals surface area contributed by atoms with E-state index in [1.54, 1.807) is 6.07 Å². The van der Waals surface area contributed by atoms with Gasteiger partial charge in [-0.05, 0) is 50.7 Å². The molecule has 1 nitrogen and oxygen atoms in total. The van der Waals surface area contributed by atoms with E-state index in [0.717, 1.165) is 8.04 Å². The first-order chi connectivity index (χ1) is 4.61. The van der Waals surface area contributed by atoms with Gasteiger partial charge in [0.15, 0.2) is 0 Å². The van der Waals surface area contributed by atoms with Crippen LogP contribution in [0.2, 0.25) is 5.02 Å². The van der Waals surface area contributed by atoms with Gasteiger partial charge in [-0.1, -0.05) is 11.6 Å². The molecule has 0 aromatic heterocycles. The summed E-state index contributed by atoms with van der Waals surface area (Å²) in [4.78, 5) is 0. The first-order valence-corrected chi connectivity index (χ1v) is 4.76. The molecule has 4 heteroatoms. The highest BCUT2D eigenvalue weighted by molar-refractivity contribution is 14.1. The van der Waals surface area contributed by atoms with Crippen LogP contribution < -0.4 is 5.73 Å². The van der Waals surface area contributed by atoms with Crippen LogP contribution >= 0.6 is 50.1 Å². The van der Waals surface area contributed by atoms with E-state index in [1.807, 2.05) is 6.07 Å². The van der Waals surface area contributed by atoms with Crippen molar-refractivity contribution in [1.82, 2.24) is 0 Å². The molecule has 0 bridgehead atoms. The molecule has 0 unspecified atom stereocenters. The van der Waals surface area contributed by atoms with E-state index in [-0.39, 0.29) is 0 Å². The van der Waals surface area contributed by atoms with E-state index in [4.69, 9.17) is 17.3 Å². The van der Waals surface area contributed by atoms with Crippen LogP contribution in [0.15, 0.2) is 16.6 Å². The lowest BCUT2D eigenvalue weighted by molar-refractivity contribution is 1.58. The second-order valence-electron chi connectivity index (χ2n) is 1.79. The molecule has 0 radical (unpaired) electrons. The molecule has 0 spiro atoms. The van der Waals surface area contributed by atoms with Crippen molar-refractivity contribution in [3.63, 3.8) is 0 Å². The Morgan fingerprint density at radius 3 is 2.60 bits per heavy atom. The average Bonchev–Trinajstić information content (AvgIpc) is 1.84. The normalized spacial score (nSPS) is 9.90. The molecule has 0 aliphatic heterocycles. The zero-order chi connectivity index (χ0) is 7.72. The fourth-order valence-corrected chi connectivity index (χ4v) is 1.71. The summed E-state index contributed by atoms with van der Waals surface area (Å²) in [6.07, 6.45) is 0. The lowest BCUT2D eigenvalue weighted by Gasteiger charge is -1.99. The Labute approximate surface area is 86.2 Å². The van der Waals surface area contributed by atoms with E-state index in [9.17, 15) is 0 Å². The summed E-state index contributed by atoms with van der Waals surface area (Å²) in [5.74, 6) is 0. The highest BCUT2D eigenvalue weighted by Gasteiger charge is 2.00. The van der Waals surface area contributed by atoms with Gasteiger partial charge in [0.25, 0.3) is 0 Å². The lowest BCUT2D eigenvalue weighted by atomic mass is 10.3. The molecule has 0 aliphatic rings. The lowest BCUT2D eigenvalue weighted by Crippen LogP contribution is -1.87. The summed E-state index contributed by atoms with van der Waals surface area (Å²) in [6.45, 7) is 0. The summed E-state index contributed by atoms with van der Waals surface area (Å²) < 4.78 is 2.05. The van der Waals surface area contributed by atoms with Crippen LogP contribution in [-0.4, -0.2) is 0 Å². The molecular formula is C6H4BrClIN. The fraction of sp³-hybridized carbons (Fsp3) is 0. The van der Waals surface area contributed by atoms with Crippen molar-refractivity contribution in [3.8, 4) is 0 Å². The van der Waals surface area contributed by atoms with Gasteiger partial charge < -0.3 is 5.73 Å². The maximum Gasteiger partial charge on any atom is 0.0646 e. The standard InChI is InChI=1S/C6H4BrClIN/c7-3-1-6(10)4(8)2-5(3)9/h1-2H,10H2. The molecule has 0 heterocycles. The van der Waals surface area contributed by atoms with Crippen molar-refractivity contribution in [3.05, 3.63) is 25.2 Å². The molecule has 10 heavy (non-hydrogen) atoms. The smallest absolute Gasteiger partial charge is 0.0646 e. The Bertz CT molecular complexity index is 214. The van der Waals surface area contributed by atoms with Crippen LogP contribution in [0.25, 0.3) is 0 Å². The summed E-state index contributed by atoms with van der Waals surface area (Å²) in [5.41, 5.74) is 6.13. The molecule has 1 rings (SSSR count). The molecular weight excluding hydrogens is 328 g/mol. The number of rotatable bonds is 0. The highest BCUT2D eigenvalue weighted by Crippen LogP contribution is 2.27. The van der Waals surface area contributed by atoms with Crippen molar-refractivity contribution < 1.29 is 0 Å². The maximum absolute atomic E-state index is 5.74. The predicted octanol–water partition coefficient (Wildman–Crippen LogP) is 3.29. The third-order valence-corrected chi connectivity index (χ3v) is 3.66. The Morgan fingerprint density at radius 2 is 2.10 bits per heavy atom. The molecule has 0 aliphatic carbocycles. The molecule has 0 saturated heterocycles. The molecule has 54 valence electrons. The van der Waals surface area contributed by atoms with Crippen molar-refractivity contribution >= 4 is 55.8 Å². The Morgan fingerprint density at radius 1 is 1.50 bits per heavy atom.